The van der Waals surface area contributed by atoms with Crippen LogP contribution in [-0.4, -0.2) is 25.7 Å². The van der Waals surface area contributed by atoms with Gasteiger partial charge in [-0.3, -0.25) is 4.79 Å². The van der Waals surface area contributed by atoms with Crippen molar-refractivity contribution in [1.82, 2.24) is 5.32 Å². The van der Waals surface area contributed by atoms with E-state index >= 15 is 0 Å². The molecule has 0 unspecified atom stereocenters. The van der Waals surface area contributed by atoms with Gasteiger partial charge in [-0.05, 0) is 46.8 Å². The van der Waals surface area contributed by atoms with Gasteiger partial charge in [0.15, 0.2) is 10.4 Å². The van der Waals surface area contributed by atoms with E-state index in [0.29, 0.717) is 22.9 Å². The van der Waals surface area contributed by atoms with Crippen LogP contribution in [0.15, 0.2) is 21.2 Å². The third-order valence-corrected chi connectivity index (χ3v) is 3.12. The summed E-state index contributed by atoms with van der Waals surface area (Å²) < 4.78 is 11.0. The number of carbonyl (C=O) groups excluding carboxylic acids is 1. The molecular formula is C11H14BrNO3. The minimum Gasteiger partial charge on any atom is -0.444 e. The SMILES string of the molecule is O=C(NCC1CCOCC1)c1ccc(Br)o1. The summed E-state index contributed by atoms with van der Waals surface area (Å²) in [4.78, 5) is 11.6. The van der Waals surface area contributed by atoms with Crippen LogP contribution in [0.1, 0.15) is 23.4 Å². The van der Waals surface area contributed by atoms with Gasteiger partial charge in [0, 0.05) is 19.8 Å². The summed E-state index contributed by atoms with van der Waals surface area (Å²) in [6.07, 6.45) is 2.03. The lowest BCUT2D eigenvalue weighted by Crippen LogP contribution is -2.31. The summed E-state index contributed by atoms with van der Waals surface area (Å²) in [6.45, 7) is 2.29. The van der Waals surface area contributed by atoms with Gasteiger partial charge in [-0.15, -0.1) is 0 Å². The lowest BCUT2D eigenvalue weighted by atomic mass is 10.0. The Morgan fingerprint density at radius 2 is 2.19 bits per heavy atom. The maximum Gasteiger partial charge on any atom is 0.287 e. The monoisotopic (exact) mass is 287 g/mol. The van der Waals surface area contributed by atoms with Gasteiger partial charge in [0.25, 0.3) is 5.91 Å². The van der Waals surface area contributed by atoms with Crippen LogP contribution in [0, 0.1) is 5.92 Å². The zero-order valence-corrected chi connectivity index (χ0v) is 10.5. The molecule has 5 heteroatoms. The summed E-state index contributed by atoms with van der Waals surface area (Å²) in [5.41, 5.74) is 0. The summed E-state index contributed by atoms with van der Waals surface area (Å²) >= 11 is 3.16. The molecule has 88 valence electrons. The van der Waals surface area contributed by atoms with E-state index in [2.05, 4.69) is 21.2 Å². The molecule has 0 saturated carbocycles. The van der Waals surface area contributed by atoms with Crippen LogP contribution in [0.2, 0.25) is 0 Å². The van der Waals surface area contributed by atoms with E-state index in [1.54, 1.807) is 12.1 Å². The zero-order chi connectivity index (χ0) is 11.4. The van der Waals surface area contributed by atoms with Gasteiger partial charge < -0.3 is 14.5 Å². The molecular weight excluding hydrogens is 274 g/mol. The van der Waals surface area contributed by atoms with Crippen LogP contribution in [-0.2, 0) is 4.74 Å². The van der Waals surface area contributed by atoms with Crippen LogP contribution in [0.3, 0.4) is 0 Å². The van der Waals surface area contributed by atoms with E-state index in [0.717, 1.165) is 26.1 Å². The number of hydrogen-bond acceptors (Lipinski definition) is 3. The number of carbonyl (C=O) groups is 1. The maximum absolute atomic E-state index is 11.6. The normalized spacial score (nSPS) is 17.3. The minimum absolute atomic E-state index is 0.155. The van der Waals surface area contributed by atoms with Crippen molar-refractivity contribution in [2.75, 3.05) is 19.8 Å². The molecule has 1 N–H and O–H groups in total. The first-order chi connectivity index (χ1) is 7.75. The van der Waals surface area contributed by atoms with Crippen molar-refractivity contribution in [3.05, 3.63) is 22.6 Å². The van der Waals surface area contributed by atoms with Crippen molar-refractivity contribution in [3.8, 4) is 0 Å². The second-order valence-electron chi connectivity index (χ2n) is 3.87. The van der Waals surface area contributed by atoms with Crippen molar-refractivity contribution in [1.29, 1.82) is 0 Å². The first-order valence-electron chi connectivity index (χ1n) is 5.37. The van der Waals surface area contributed by atoms with Gasteiger partial charge in [0.2, 0.25) is 0 Å². The molecule has 1 aromatic heterocycles. The molecule has 1 aliphatic rings. The molecule has 16 heavy (non-hydrogen) atoms. The zero-order valence-electron chi connectivity index (χ0n) is 8.87. The van der Waals surface area contributed by atoms with Gasteiger partial charge in [-0.1, -0.05) is 0 Å². The van der Waals surface area contributed by atoms with E-state index in [4.69, 9.17) is 9.15 Å². The number of halogens is 1. The second kappa shape index (κ2) is 5.50. The first-order valence-corrected chi connectivity index (χ1v) is 6.16. The van der Waals surface area contributed by atoms with Crippen LogP contribution in [0.4, 0.5) is 0 Å². The Morgan fingerprint density at radius 1 is 1.44 bits per heavy atom. The molecule has 1 fully saturated rings. The Morgan fingerprint density at radius 3 is 2.81 bits per heavy atom. The predicted octanol–water partition coefficient (Wildman–Crippen LogP) is 2.20. The van der Waals surface area contributed by atoms with Gasteiger partial charge in [-0.25, -0.2) is 0 Å². The maximum atomic E-state index is 11.6. The van der Waals surface area contributed by atoms with Crippen molar-refractivity contribution < 1.29 is 13.9 Å². The average Bonchev–Trinajstić information content (AvgIpc) is 2.74. The highest BCUT2D eigenvalue weighted by molar-refractivity contribution is 9.10. The summed E-state index contributed by atoms with van der Waals surface area (Å²) in [6, 6.07) is 3.37. The second-order valence-corrected chi connectivity index (χ2v) is 4.65. The summed E-state index contributed by atoms with van der Waals surface area (Å²) in [7, 11) is 0. The minimum atomic E-state index is -0.155. The fourth-order valence-corrected chi connectivity index (χ4v) is 2.02. The van der Waals surface area contributed by atoms with E-state index < -0.39 is 0 Å². The number of furan rings is 1. The van der Waals surface area contributed by atoms with Crippen LogP contribution >= 0.6 is 15.9 Å². The van der Waals surface area contributed by atoms with Gasteiger partial charge in [0.05, 0.1) is 0 Å². The smallest absolute Gasteiger partial charge is 0.287 e. The van der Waals surface area contributed by atoms with E-state index in [-0.39, 0.29) is 5.91 Å². The predicted molar refractivity (Wildman–Crippen MR) is 62.3 cm³/mol. The van der Waals surface area contributed by atoms with Gasteiger partial charge >= 0.3 is 0 Å². The summed E-state index contributed by atoms with van der Waals surface area (Å²) in [5, 5.41) is 2.87. The van der Waals surface area contributed by atoms with Crippen molar-refractivity contribution in [2.45, 2.75) is 12.8 Å². The Labute approximate surface area is 102 Å². The molecule has 0 radical (unpaired) electrons. The number of amides is 1. The highest BCUT2D eigenvalue weighted by Gasteiger charge is 2.16. The number of ether oxygens (including phenoxy) is 1. The lowest BCUT2D eigenvalue weighted by Gasteiger charge is -2.21. The Hall–Kier alpha value is -0.810. The Balaban J connectivity index is 1.79. The molecule has 4 nitrogen and oxygen atoms in total. The molecule has 0 atom stereocenters. The standard InChI is InChI=1S/C11H14BrNO3/c12-10-2-1-9(16-10)11(14)13-7-8-3-5-15-6-4-8/h1-2,8H,3-7H2,(H,13,14). The Bertz CT molecular complexity index is 358. The number of nitrogens with one attached hydrogen (secondary N) is 1. The quantitative estimate of drug-likeness (QED) is 0.927. The molecule has 1 aromatic rings. The molecule has 0 spiro atoms. The third kappa shape index (κ3) is 3.09. The highest BCUT2D eigenvalue weighted by atomic mass is 79.9. The Kier molecular flexibility index (Phi) is 4.01. The van der Waals surface area contributed by atoms with Crippen molar-refractivity contribution >= 4 is 21.8 Å². The first kappa shape index (κ1) is 11.7. The van der Waals surface area contributed by atoms with Gasteiger partial charge in [-0.2, -0.15) is 0 Å². The molecule has 1 saturated heterocycles. The van der Waals surface area contributed by atoms with Crippen molar-refractivity contribution in [2.24, 2.45) is 5.92 Å². The number of rotatable bonds is 3. The molecule has 0 aromatic carbocycles. The van der Waals surface area contributed by atoms with Crippen molar-refractivity contribution in [3.63, 3.8) is 0 Å². The average molecular weight is 288 g/mol. The van der Waals surface area contributed by atoms with E-state index in [1.165, 1.54) is 0 Å². The van der Waals surface area contributed by atoms with Crippen LogP contribution in [0.25, 0.3) is 0 Å². The third-order valence-electron chi connectivity index (χ3n) is 2.69. The molecule has 0 bridgehead atoms. The molecule has 2 rings (SSSR count). The molecule has 1 aliphatic heterocycles. The fourth-order valence-electron chi connectivity index (χ4n) is 1.71. The van der Waals surface area contributed by atoms with E-state index in [1.807, 2.05) is 0 Å². The van der Waals surface area contributed by atoms with Gasteiger partial charge in [0.1, 0.15) is 0 Å². The molecule has 0 aliphatic carbocycles. The van der Waals surface area contributed by atoms with Crippen LogP contribution in [0.5, 0.6) is 0 Å². The van der Waals surface area contributed by atoms with Crippen LogP contribution < -0.4 is 5.32 Å². The largest absolute Gasteiger partial charge is 0.444 e. The topological polar surface area (TPSA) is 51.5 Å². The number of hydrogen-bond donors (Lipinski definition) is 1. The highest BCUT2D eigenvalue weighted by Crippen LogP contribution is 2.15. The lowest BCUT2D eigenvalue weighted by molar-refractivity contribution is 0.0638. The summed E-state index contributed by atoms with van der Waals surface area (Å²) in [5.74, 6) is 0.715. The van der Waals surface area contributed by atoms with E-state index in [9.17, 15) is 4.79 Å². The molecule has 1 amide bonds. The fraction of sp³-hybridized carbons (Fsp3) is 0.545. The molecule has 2 heterocycles.